The number of phosphoric acid groups is 1. The molecule has 2 aliphatic heterocycles. The van der Waals surface area contributed by atoms with Gasteiger partial charge in [-0.15, -0.1) is 0 Å². The van der Waals surface area contributed by atoms with E-state index < -0.39 is 156 Å². The van der Waals surface area contributed by atoms with Crippen molar-refractivity contribution in [3.05, 3.63) is 24.3 Å². The van der Waals surface area contributed by atoms with Gasteiger partial charge < -0.3 is 89.1 Å². The summed E-state index contributed by atoms with van der Waals surface area (Å²) in [5.41, 5.74) is 0. The molecule has 3 rings (SSSR count). The maximum atomic E-state index is 14.3. The molecule has 3 fully saturated rings. The third kappa shape index (κ3) is 37.7. The average Bonchev–Trinajstić information content (AvgIpc) is 0.718. The molecule has 25 heteroatoms. The zero-order valence-corrected chi connectivity index (χ0v) is 60.7. The van der Waals surface area contributed by atoms with E-state index in [-0.39, 0.29) is 12.8 Å². The van der Waals surface area contributed by atoms with E-state index in [1.165, 1.54) is 160 Å². The number of carbonyl (C=O) groups is 3. The Labute approximate surface area is 585 Å². The van der Waals surface area contributed by atoms with Crippen LogP contribution < -0.4 is 0 Å². The van der Waals surface area contributed by atoms with Gasteiger partial charge in [-0.3, -0.25) is 18.6 Å². The Morgan fingerprint density at radius 3 is 1.20 bits per heavy atom. The minimum Gasteiger partial charge on any atom is -0.462 e. The van der Waals surface area contributed by atoms with Crippen LogP contribution in [0.15, 0.2) is 24.3 Å². The van der Waals surface area contributed by atoms with Gasteiger partial charge in [-0.25, -0.2) is 9.36 Å². The van der Waals surface area contributed by atoms with E-state index in [4.69, 9.17) is 42.2 Å². The number of aliphatic hydroxyl groups is 10. The van der Waals surface area contributed by atoms with Gasteiger partial charge in [-0.1, -0.05) is 270 Å². The highest BCUT2D eigenvalue weighted by Gasteiger charge is 2.58. The van der Waals surface area contributed by atoms with E-state index in [0.717, 1.165) is 96.0 Å². The summed E-state index contributed by atoms with van der Waals surface area (Å²) in [6.45, 7) is 3.37. The summed E-state index contributed by atoms with van der Waals surface area (Å²) in [6, 6.07) is 0. The van der Waals surface area contributed by atoms with Crippen molar-refractivity contribution in [1.82, 2.24) is 0 Å². The molecule has 0 bridgehead atoms. The van der Waals surface area contributed by atoms with Gasteiger partial charge in [0.1, 0.15) is 98.7 Å². The first-order chi connectivity index (χ1) is 47.3. The minimum atomic E-state index is -5.70. The van der Waals surface area contributed by atoms with Gasteiger partial charge >= 0.3 is 25.7 Å². The fourth-order valence-corrected chi connectivity index (χ4v) is 13.6. The lowest BCUT2D eigenvalue weighted by Crippen LogP contribution is -2.69. The number of allylic oxidation sites excluding steroid dienone is 3. The van der Waals surface area contributed by atoms with Crippen LogP contribution >= 0.6 is 7.82 Å². The second-order valence-electron chi connectivity index (χ2n) is 27.4. The first-order valence-electron chi connectivity index (χ1n) is 38.2. The largest absolute Gasteiger partial charge is 0.472 e. The quantitative estimate of drug-likeness (QED) is 0.00673. The summed E-state index contributed by atoms with van der Waals surface area (Å²) >= 11 is 0. The van der Waals surface area contributed by atoms with Crippen molar-refractivity contribution in [2.75, 3.05) is 26.4 Å². The zero-order valence-electron chi connectivity index (χ0n) is 59.8. The molecule has 11 N–H and O–H groups in total. The van der Waals surface area contributed by atoms with E-state index in [0.29, 0.717) is 12.8 Å². The SMILES string of the molecule is CCCCCCCCCCCCC/C=C/C=C/C(=O)OCC1OC(OC2C(O)C(O)C(O)C(OC3OC(CO)C(O)C(O)C3O)C2OP(=O)(O)OCC(COC(=O)CCCCCCCCCCCCCCCC)OC(=O)CCCCCCCCCCCCCCCC)C(O)C(O)C1O. The summed E-state index contributed by atoms with van der Waals surface area (Å²) in [7, 11) is -5.70. The molecule has 574 valence electrons. The summed E-state index contributed by atoms with van der Waals surface area (Å²) < 4.78 is 64.8. The second kappa shape index (κ2) is 55.0. The third-order valence-electron chi connectivity index (χ3n) is 18.8. The molecule has 3 aliphatic rings. The summed E-state index contributed by atoms with van der Waals surface area (Å²) in [4.78, 5) is 50.9. The predicted octanol–water partition coefficient (Wildman–Crippen LogP) is 10.5. The maximum Gasteiger partial charge on any atom is 0.472 e. The molecule has 0 aromatic carbocycles. The molecular weight excluding hydrogens is 1290 g/mol. The Morgan fingerprint density at radius 2 is 0.786 bits per heavy atom. The molecule has 2 heterocycles. The van der Waals surface area contributed by atoms with Crippen LogP contribution in [0.2, 0.25) is 0 Å². The van der Waals surface area contributed by atoms with E-state index in [1.807, 2.05) is 6.08 Å². The second-order valence-corrected chi connectivity index (χ2v) is 28.9. The molecule has 98 heavy (non-hydrogen) atoms. The van der Waals surface area contributed by atoms with Crippen molar-refractivity contribution in [3.8, 4) is 0 Å². The molecule has 24 nitrogen and oxygen atoms in total. The Morgan fingerprint density at radius 1 is 0.418 bits per heavy atom. The van der Waals surface area contributed by atoms with Gasteiger partial charge in [0, 0.05) is 18.9 Å². The van der Waals surface area contributed by atoms with Crippen molar-refractivity contribution >= 4 is 25.7 Å². The van der Waals surface area contributed by atoms with Crippen LogP contribution in [-0.4, -0.2) is 204 Å². The molecule has 0 spiro atoms. The van der Waals surface area contributed by atoms with Gasteiger partial charge in [0.05, 0.1) is 13.2 Å². The van der Waals surface area contributed by atoms with Gasteiger partial charge in [0.2, 0.25) is 0 Å². The fourth-order valence-electron chi connectivity index (χ4n) is 12.6. The monoisotopic (exact) mass is 1420 g/mol. The fraction of sp³-hybridized carbons (Fsp3) is 0.904. The number of hydrogen-bond acceptors (Lipinski definition) is 23. The Bertz CT molecular complexity index is 2120. The number of rotatable bonds is 59. The maximum absolute atomic E-state index is 14.3. The number of esters is 3. The topological polar surface area (TPSA) is 374 Å². The molecule has 18 unspecified atom stereocenters. The van der Waals surface area contributed by atoms with E-state index in [1.54, 1.807) is 6.08 Å². The van der Waals surface area contributed by atoms with Crippen molar-refractivity contribution in [1.29, 1.82) is 0 Å². The first-order valence-corrected chi connectivity index (χ1v) is 39.7. The Balaban J connectivity index is 1.74. The van der Waals surface area contributed by atoms with Crippen LogP contribution in [0.4, 0.5) is 0 Å². The molecule has 18 atom stereocenters. The molecule has 1 aliphatic carbocycles. The van der Waals surface area contributed by atoms with Crippen LogP contribution in [0.5, 0.6) is 0 Å². The van der Waals surface area contributed by atoms with E-state index in [2.05, 4.69) is 20.8 Å². The van der Waals surface area contributed by atoms with Crippen LogP contribution in [-0.2, 0) is 61.2 Å². The highest BCUT2D eigenvalue weighted by Crippen LogP contribution is 2.49. The van der Waals surface area contributed by atoms with Gasteiger partial charge in [0.25, 0.3) is 0 Å². The molecule has 2 saturated heterocycles. The number of ether oxygens (including phenoxy) is 7. The number of phosphoric ester groups is 1. The van der Waals surface area contributed by atoms with Crippen molar-refractivity contribution < 1.29 is 117 Å². The van der Waals surface area contributed by atoms with E-state index >= 15 is 0 Å². The van der Waals surface area contributed by atoms with Crippen LogP contribution in [0.25, 0.3) is 0 Å². The van der Waals surface area contributed by atoms with Gasteiger partial charge in [-0.05, 0) is 25.7 Å². The standard InChI is InChI=1S/C73H133O24P/c1-4-7-10-13-16-19-22-25-28-31-33-36-39-42-45-48-58(76)90-53-56-61(79)63(81)68(86)73(94-56)96-70-66(84)64(82)65(83)69(95-72-67(85)62(80)60(78)55(50-74)93-72)71(70)97-98(87,88)91-52-54(92-59(77)49-46-43-40-37-34-30-27-24-21-18-15-12-9-6-3)51-89-57(75)47-44-41-38-35-32-29-26-23-20-17-14-11-8-5-2/h39,42,45,48,54-56,60-74,78-86H,4-38,40-41,43-44,46-47,49-53H2,1-3H3,(H,87,88)/b42-39+,48-45+. The summed E-state index contributed by atoms with van der Waals surface area (Å²) in [6.07, 6.45) is 15.9. The van der Waals surface area contributed by atoms with E-state index in [9.17, 15) is 74.9 Å². The third-order valence-corrected chi connectivity index (χ3v) is 19.8. The van der Waals surface area contributed by atoms with Crippen LogP contribution in [0, 0.1) is 0 Å². The number of carbonyl (C=O) groups excluding carboxylic acids is 3. The van der Waals surface area contributed by atoms with Gasteiger partial charge in [-0.2, -0.15) is 0 Å². The number of hydrogen-bond donors (Lipinski definition) is 11. The lowest BCUT2D eigenvalue weighted by Gasteiger charge is -2.49. The van der Waals surface area contributed by atoms with Crippen LogP contribution in [0.3, 0.4) is 0 Å². The number of unbranched alkanes of at least 4 members (excludes halogenated alkanes) is 37. The number of aliphatic hydroxyl groups excluding tert-OH is 10. The molecular formula is C73H133O24P. The molecule has 0 amide bonds. The Hall–Kier alpha value is -2.56. The summed E-state index contributed by atoms with van der Waals surface area (Å²) in [5.74, 6) is -2.21. The van der Waals surface area contributed by atoms with Crippen molar-refractivity contribution in [2.45, 2.75) is 395 Å². The highest BCUT2D eigenvalue weighted by molar-refractivity contribution is 7.47. The molecule has 0 radical (unpaired) electrons. The summed E-state index contributed by atoms with van der Waals surface area (Å²) in [5, 5.41) is 110. The molecule has 0 aromatic heterocycles. The first kappa shape index (κ1) is 89.7. The molecule has 1 saturated carbocycles. The van der Waals surface area contributed by atoms with Crippen LogP contribution in [0.1, 0.15) is 290 Å². The highest BCUT2D eigenvalue weighted by atomic mass is 31.2. The minimum absolute atomic E-state index is 0.0384. The Kier molecular flexibility index (Phi) is 50.3. The van der Waals surface area contributed by atoms with Gasteiger partial charge in [0.15, 0.2) is 18.7 Å². The normalized spacial score (nSPS) is 27.7. The van der Waals surface area contributed by atoms with Crippen molar-refractivity contribution in [3.63, 3.8) is 0 Å². The van der Waals surface area contributed by atoms with Crippen molar-refractivity contribution in [2.24, 2.45) is 0 Å². The molecule has 0 aromatic rings. The average molecular weight is 1430 g/mol. The lowest BCUT2D eigenvalue weighted by molar-refractivity contribution is -0.360. The smallest absolute Gasteiger partial charge is 0.462 e. The lowest BCUT2D eigenvalue weighted by atomic mass is 9.84. The zero-order chi connectivity index (χ0) is 71.8. The predicted molar refractivity (Wildman–Crippen MR) is 370 cm³/mol.